The first-order valence-corrected chi connectivity index (χ1v) is 6.86. The molecule has 1 amide bonds. The first-order chi connectivity index (χ1) is 9.72. The van der Waals surface area contributed by atoms with Gasteiger partial charge in [0.1, 0.15) is 0 Å². The second kappa shape index (κ2) is 5.36. The molecule has 0 fully saturated rings. The molecule has 2 aromatic rings. The van der Waals surface area contributed by atoms with Crippen LogP contribution < -0.4 is 10.6 Å². The van der Waals surface area contributed by atoms with E-state index in [1.807, 2.05) is 37.5 Å². The van der Waals surface area contributed by atoms with Crippen LogP contribution in [0.2, 0.25) is 0 Å². The molecule has 0 saturated heterocycles. The largest absolute Gasteiger partial charge is 0.385 e. The monoisotopic (exact) mass is 270 g/mol. The summed E-state index contributed by atoms with van der Waals surface area (Å²) in [5.41, 5.74) is 3.95. The highest BCUT2D eigenvalue weighted by Crippen LogP contribution is 2.22. The van der Waals surface area contributed by atoms with Crippen LogP contribution in [0.5, 0.6) is 0 Å². The molecule has 0 aliphatic carbocycles. The molecule has 2 heterocycles. The SMILES string of the molecule is Cn1ccc(CNC(=O)c2ccc3c(c2)CCCN3)n1. The fourth-order valence-corrected chi connectivity index (χ4v) is 2.45. The van der Waals surface area contributed by atoms with Gasteiger partial charge in [0.25, 0.3) is 5.91 Å². The van der Waals surface area contributed by atoms with Crippen molar-refractivity contribution >= 4 is 11.6 Å². The molecule has 0 radical (unpaired) electrons. The van der Waals surface area contributed by atoms with Gasteiger partial charge in [-0.25, -0.2) is 0 Å². The molecule has 5 heteroatoms. The molecule has 104 valence electrons. The zero-order valence-corrected chi connectivity index (χ0v) is 11.5. The predicted molar refractivity (Wildman–Crippen MR) is 77.6 cm³/mol. The smallest absolute Gasteiger partial charge is 0.251 e. The Bertz CT molecular complexity index is 633. The van der Waals surface area contributed by atoms with E-state index >= 15 is 0 Å². The maximum Gasteiger partial charge on any atom is 0.251 e. The summed E-state index contributed by atoms with van der Waals surface area (Å²) >= 11 is 0. The first kappa shape index (κ1) is 12.7. The van der Waals surface area contributed by atoms with Gasteiger partial charge in [0.2, 0.25) is 0 Å². The summed E-state index contributed by atoms with van der Waals surface area (Å²) in [7, 11) is 1.86. The number of carbonyl (C=O) groups excluding carboxylic acids is 1. The number of carbonyl (C=O) groups is 1. The Hall–Kier alpha value is -2.30. The molecule has 20 heavy (non-hydrogen) atoms. The van der Waals surface area contributed by atoms with E-state index in [1.54, 1.807) is 4.68 Å². The third kappa shape index (κ3) is 2.66. The topological polar surface area (TPSA) is 59.0 Å². The van der Waals surface area contributed by atoms with E-state index in [0.29, 0.717) is 12.1 Å². The van der Waals surface area contributed by atoms with Crippen LogP contribution in [-0.2, 0) is 20.0 Å². The van der Waals surface area contributed by atoms with Gasteiger partial charge in [-0.1, -0.05) is 0 Å². The number of nitrogens with one attached hydrogen (secondary N) is 2. The lowest BCUT2D eigenvalue weighted by Crippen LogP contribution is -2.23. The van der Waals surface area contributed by atoms with Crippen LogP contribution >= 0.6 is 0 Å². The molecule has 0 atom stereocenters. The van der Waals surface area contributed by atoms with Gasteiger partial charge >= 0.3 is 0 Å². The van der Waals surface area contributed by atoms with Crippen LogP contribution in [0.25, 0.3) is 0 Å². The fourth-order valence-electron chi connectivity index (χ4n) is 2.45. The van der Waals surface area contributed by atoms with Gasteiger partial charge in [-0.15, -0.1) is 0 Å². The summed E-state index contributed by atoms with van der Waals surface area (Å²) in [5.74, 6) is -0.0518. The highest BCUT2D eigenvalue weighted by Gasteiger charge is 2.12. The third-order valence-corrected chi connectivity index (χ3v) is 3.50. The summed E-state index contributed by atoms with van der Waals surface area (Å²) in [6.07, 6.45) is 4.02. The Morgan fingerprint density at radius 2 is 2.35 bits per heavy atom. The maximum atomic E-state index is 12.1. The Kier molecular flexibility index (Phi) is 3.41. The molecular formula is C15H18N4O. The van der Waals surface area contributed by atoms with Crippen molar-refractivity contribution in [2.24, 2.45) is 7.05 Å². The van der Waals surface area contributed by atoms with E-state index in [-0.39, 0.29) is 5.91 Å². The van der Waals surface area contributed by atoms with Crippen LogP contribution in [-0.4, -0.2) is 22.2 Å². The molecule has 2 N–H and O–H groups in total. The lowest BCUT2D eigenvalue weighted by atomic mass is 10.0. The van der Waals surface area contributed by atoms with Gasteiger partial charge in [-0.2, -0.15) is 5.10 Å². The molecule has 1 aromatic heterocycles. The lowest BCUT2D eigenvalue weighted by Gasteiger charge is -2.18. The van der Waals surface area contributed by atoms with Crippen molar-refractivity contribution in [2.75, 3.05) is 11.9 Å². The van der Waals surface area contributed by atoms with Gasteiger partial charge in [0.05, 0.1) is 12.2 Å². The number of nitrogens with zero attached hydrogens (tertiary/aromatic N) is 2. The van der Waals surface area contributed by atoms with Crippen LogP contribution in [0.15, 0.2) is 30.5 Å². The zero-order valence-electron chi connectivity index (χ0n) is 11.5. The van der Waals surface area contributed by atoms with Crippen molar-refractivity contribution in [3.8, 4) is 0 Å². The standard InChI is InChI=1S/C15H18N4O/c1-19-8-6-13(18-19)10-17-15(20)12-4-5-14-11(9-12)3-2-7-16-14/h4-6,8-9,16H,2-3,7,10H2,1H3,(H,17,20). The number of rotatable bonds is 3. The second-order valence-electron chi connectivity index (χ2n) is 5.07. The average Bonchev–Trinajstić information content (AvgIpc) is 2.90. The first-order valence-electron chi connectivity index (χ1n) is 6.86. The Balaban J connectivity index is 1.67. The fraction of sp³-hybridized carbons (Fsp3) is 0.333. The van der Waals surface area contributed by atoms with Gasteiger partial charge in [-0.3, -0.25) is 9.48 Å². The van der Waals surface area contributed by atoms with Crippen LogP contribution in [0.4, 0.5) is 5.69 Å². The van der Waals surface area contributed by atoms with Crippen molar-refractivity contribution in [3.05, 3.63) is 47.3 Å². The van der Waals surface area contributed by atoms with E-state index in [9.17, 15) is 4.79 Å². The summed E-state index contributed by atoms with van der Waals surface area (Å²) < 4.78 is 1.73. The van der Waals surface area contributed by atoms with Crippen molar-refractivity contribution in [1.82, 2.24) is 15.1 Å². The van der Waals surface area contributed by atoms with E-state index in [4.69, 9.17) is 0 Å². The Labute approximate surface area is 118 Å². The zero-order chi connectivity index (χ0) is 13.9. The van der Waals surface area contributed by atoms with Crippen molar-refractivity contribution in [1.29, 1.82) is 0 Å². The minimum absolute atomic E-state index is 0.0518. The van der Waals surface area contributed by atoms with Crippen molar-refractivity contribution in [2.45, 2.75) is 19.4 Å². The van der Waals surface area contributed by atoms with Crippen molar-refractivity contribution < 1.29 is 4.79 Å². The van der Waals surface area contributed by atoms with Gasteiger partial charge in [-0.05, 0) is 42.7 Å². The quantitative estimate of drug-likeness (QED) is 0.892. The number of aromatic nitrogens is 2. The van der Waals surface area contributed by atoms with E-state index in [0.717, 1.165) is 30.8 Å². The van der Waals surface area contributed by atoms with Gasteiger partial charge in [0.15, 0.2) is 0 Å². The molecule has 1 aliphatic rings. The number of amides is 1. The number of fused-ring (bicyclic) bond motifs is 1. The molecule has 0 unspecified atom stereocenters. The van der Waals surface area contributed by atoms with Crippen molar-refractivity contribution in [3.63, 3.8) is 0 Å². The summed E-state index contributed by atoms with van der Waals surface area (Å²) in [6.45, 7) is 1.47. The van der Waals surface area contributed by atoms with E-state index in [2.05, 4.69) is 15.7 Å². The number of hydrogen-bond donors (Lipinski definition) is 2. The number of hydrogen-bond acceptors (Lipinski definition) is 3. The molecule has 1 aliphatic heterocycles. The highest BCUT2D eigenvalue weighted by molar-refractivity contribution is 5.94. The van der Waals surface area contributed by atoms with Gasteiger partial charge < -0.3 is 10.6 Å². The molecule has 0 spiro atoms. The summed E-state index contributed by atoms with van der Waals surface area (Å²) in [6, 6.07) is 7.74. The van der Waals surface area contributed by atoms with Gasteiger partial charge in [0, 0.05) is 31.0 Å². The highest BCUT2D eigenvalue weighted by atomic mass is 16.1. The average molecular weight is 270 g/mol. The maximum absolute atomic E-state index is 12.1. The van der Waals surface area contributed by atoms with E-state index in [1.165, 1.54) is 5.56 Å². The molecule has 5 nitrogen and oxygen atoms in total. The molecule has 3 rings (SSSR count). The Morgan fingerprint density at radius 1 is 1.45 bits per heavy atom. The number of aryl methyl sites for hydroxylation is 2. The second-order valence-corrected chi connectivity index (χ2v) is 5.07. The minimum atomic E-state index is -0.0518. The number of anilines is 1. The van der Waals surface area contributed by atoms with Crippen LogP contribution in [0.3, 0.4) is 0 Å². The molecule has 0 saturated carbocycles. The summed E-state index contributed by atoms with van der Waals surface area (Å²) in [5, 5.41) is 10.5. The molecule has 1 aromatic carbocycles. The normalized spacial score (nSPS) is 13.4. The van der Waals surface area contributed by atoms with Crippen LogP contribution in [0, 0.1) is 0 Å². The molecule has 0 bridgehead atoms. The van der Waals surface area contributed by atoms with E-state index < -0.39 is 0 Å². The minimum Gasteiger partial charge on any atom is -0.385 e. The number of benzene rings is 1. The lowest BCUT2D eigenvalue weighted by molar-refractivity contribution is 0.0950. The molecular weight excluding hydrogens is 252 g/mol. The third-order valence-electron chi connectivity index (χ3n) is 3.50. The summed E-state index contributed by atoms with van der Waals surface area (Å²) in [4.78, 5) is 12.1. The van der Waals surface area contributed by atoms with Crippen LogP contribution in [0.1, 0.15) is 28.0 Å². The Morgan fingerprint density at radius 3 is 3.15 bits per heavy atom. The predicted octanol–water partition coefficient (Wildman–Crippen LogP) is 1.71.